The maximum Gasteiger partial charge on any atom is 0.231 e. The summed E-state index contributed by atoms with van der Waals surface area (Å²) in [5, 5.41) is 0. The van der Waals surface area contributed by atoms with Gasteiger partial charge in [-0.05, 0) is 42.7 Å². The monoisotopic (exact) mass is 266 g/mol. The number of amides is 1. The van der Waals surface area contributed by atoms with Gasteiger partial charge in [0.05, 0.1) is 6.42 Å². The van der Waals surface area contributed by atoms with Crippen LogP contribution < -0.4 is 10.6 Å². The molecule has 0 unspecified atom stereocenters. The minimum absolute atomic E-state index is 0.146. The molecule has 0 saturated carbocycles. The Bertz CT molecular complexity index is 634. The molecule has 2 N–H and O–H groups in total. The van der Waals surface area contributed by atoms with E-state index in [1.165, 1.54) is 5.56 Å². The van der Waals surface area contributed by atoms with Crippen molar-refractivity contribution in [1.82, 2.24) is 0 Å². The molecule has 1 atom stereocenters. The number of benzene rings is 2. The van der Waals surface area contributed by atoms with Gasteiger partial charge >= 0.3 is 0 Å². The van der Waals surface area contributed by atoms with Gasteiger partial charge in [0, 0.05) is 17.4 Å². The maximum atomic E-state index is 12.6. The Hall–Kier alpha value is -2.29. The minimum atomic E-state index is 0.146. The molecule has 3 rings (SSSR count). The van der Waals surface area contributed by atoms with E-state index in [4.69, 9.17) is 5.73 Å². The first-order chi connectivity index (χ1) is 9.65. The number of nitrogens with zero attached hydrogens (tertiary/aromatic N) is 1. The number of hydrogen-bond acceptors (Lipinski definition) is 2. The van der Waals surface area contributed by atoms with Crippen LogP contribution in [-0.4, -0.2) is 11.9 Å². The van der Waals surface area contributed by atoms with Crippen molar-refractivity contribution in [3.63, 3.8) is 0 Å². The standard InChI is InChI=1S/C17H18N2O/c1-12-10-14-4-2-3-5-16(14)19(12)17(20)11-13-6-8-15(18)9-7-13/h2-9,12H,10-11,18H2,1H3/t12-/m0/s1. The number of carbonyl (C=O) groups is 1. The van der Waals surface area contributed by atoms with Crippen molar-refractivity contribution in [1.29, 1.82) is 0 Å². The number of nitrogen functional groups attached to an aromatic ring is 1. The van der Waals surface area contributed by atoms with Gasteiger partial charge in [0.25, 0.3) is 0 Å². The van der Waals surface area contributed by atoms with Crippen LogP contribution in [0.15, 0.2) is 48.5 Å². The molecule has 0 saturated heterocycles. The summed E-state index contributed by atoms with van der Waals surface area (Å²) in [5.74, 6) is 0.146. The van der Waals surface area contributed by atoms with Gasteiger partial charge in [-0.25, -0.2) is 0 Å². The fraction of sp³-hybridized carbons (Fsp3) is 0.235. The van der Waals surface area contributed by atoms with Gasteiger partial charge in [-0.2, -0.15) is 0 Å². The molecule has 1 amide bonds. The summed E-state index contributed by atoms with van der Waals surface area (Å²) in [7, 11) is 0. The molecule has 2 aromatic rings. The van der Waals surface area contributed by atoms with E-state index in [-0.39, 0.29) is 11.9 Å². The molecule has 0 aromatic heterocycles. The molecule has 1 heterocycles. The van der Waals surface area contributed by atoms with Gasteiger partial charge in [-0.3, -0.25) is 4.79 Å². The maximum absolute atomic E-state index is 12.6. The number of nitrogens with two attached hydrogens (primary N) is 1. The van der Waals surface area contributed by atoms with Crippen LogP contribution in [0.4, 0.5) is 11.4 Å². The first-order valence-electron chi connectivity index (χ1n) is 6.89. The third-order valence-corrected chi connectivity index (χ3v) is 3.81. The van der Waals surface area contributed by atoms with Crippen LogP contribution in [0, 0.1) is 0 Å². The number of anilines is 2. The first-order valence-corrected chi connectivity index (χ1v) is 6.89. The Kier molecular flexibility index (Phi) is 3.18. The normalized spacial score (nSPS) is 17.1. The van der Waals surface area contributed by atoms with Crippen molar-refractivity contribution in [3.05, 3.63) is 59.7 Å². The largest absolute Gasteiger partial charge is 0.399 e. The highest BCUT2D eigenvalue weighted by Crippen LogP contribution is 2.32. The lowest BCUT2D eigenvalue weighted by Crippen LogP contribution is -2.36. The molecule has 20 heavy (non-hydrogen) atoms. The number of para-hydroxylation sites is 1. The van der Waals surface area contributed by atoms with Gasteiger partial charge in [0.15, 0.2) is 0 Å². The van der Waals surface area contributed by atoms with Gasteiger partial charge in [-0.15, -0.1) is 0 Å². The second-order valence-electron chi connectivity index (χ2n) is 5.36. The predicted octanol–water partition coefficient (Wildman–Crippen LogP) is 2.79. The topological polar surface area (TPSA) is 46.3 Å². The number of rotatable bonds is 2. The number of fused-ring (bicyclic) bond motifs is 1. The lowest BCUT2D eigenvalue weighted by molar-refractivity contribution is -0.118. The van der Waals surface area contributed by atoms with Gasteiger partial charge in [0.2, 0.25) is 5.91 Å². The van der Waals surface area contributed by atoms with Crippen molar-refractivity contribution in [2.45, 2.75) is 25.8 Å². The fourth-order valence-electron chi connectivity index (χ4n) is 2.84. The molecule has 102 valence electrons. The third-order valence-electron chi connectivity index (χ3n) is 3.81. The van der Waals surface area contributed by atoms with Crippen LogP contribution in [0.25, 0.3) is 0 Å². The molecule has 0 radical (unpaired) electrons. The summed E-state index contributed by atoms with van der Waals surface area (Å²) in [5.41, 5.74) is 9.70. The summed E-state index contributed by atoms with van der Waals surface area (Å²) in [6.45, 7) is 2.10. The van der Waals surface area contributed by atoms with Crippen molar-refractivity contribution < 1.29 is 4.79 Å². The molecule has 3 heteroatoms. The van der Waals surface area contributed by atoms with E-state index in [0.29, 0.717) is 6.42 Å². The smallest absolute Gasteiger partial charge is 0.231 e. The van der Waals surface area contributed by atoms with E-state index in [1.807, 2.05) is 47.4 Å². The second-order valence-corrected chi connectivity index (χ2v) is 5.36. The Balaban J connectivity index is 1.82. The van der Waals surface area contributed by atoms with E-state index < -0.39 is 0 Å². The summed E-state index contributed by atoms with van der Waals surface area (Å²) in [6, 6.07) is 15.9. The zero-order valence-corrected chi connectivity index (χ0v) is 11.5. The Morgan fingerprint density at radius 2 is 1.90 bits per heavy atom. The van der Waals surface area contributed by atoms with E-state index in [9.17, 15) is 4.79 Å². The average Bonchev–Trinajstić information content (AvgIpc) is 2.77. The van der Waals surface area contributed by atoms with Gasteiger partial charge < -0.3 is 10.6 Å². The number of hydrogen-bond donors (Lipinski definition) is 1. The highest BCUT2D eigenvalue weighted by atomic mass is 16.2. The van der Waals surface area contributed by atoms with Crippen molar-refractivity contribution in [2.75, 3.05) is 10.6 Å². The van der Waals surface area contributed by atoms with Crippen LogP contribution in [0.5, 0.6) is 0 Å². The Labute approximate surface area is 119 Å². The quantitative estimate of drug-likeness (QED) is 0.850. The van der Waals surface area contributed by atoms with Gasteiger partial charge in [-0.1, -0.05) is 30.3 Å². The van der Waals surface area contributed by atoms with Crippen LogP contribution in [-0.2, 0) is 17.6 Å². The zero-order valence-electron chi connectivity index (χ0n) is 11.5. The number of carbonyl (C=O) groups excluding carboxylic acids is 1. The molecule has 0 bridgehead atoms. The molecule has 3 nitrogen and oxygen atoms in total. The average molecular weight is 266 g/mol. The van der Waals surface area contributed by atoms with Crippen molar-refractivity contribution >= 4 is 17.3 Å². The van der Waals surface area contributed by atoms with Crippen LogP contribution in [0.1, 0.15) is 18.1 Å². The Morgan fingerprint density at radius 3 is 2.65 bits per heavy atom. The van der Waals surface area contributed by atoms with Crippen LogP contribution in [0.3, 0.4) is 0 Å². The second kappa shape index (κ2) is 5.00. The first kappa shape index (κ1) is 12.7. The van der Waals surface area contributed by atoms with Crippen molar-refractivity contribution in [2.24, 2.45) is 0 Å². The highest BCUT2D eigenvalue weighted by molar-refractivity contribution is 5.97. The van der Waals surface area contributed by atoms with Crippen LogP contribution >= 0.6 is 0 Å². The molecular weight excluding hydrogens is 248 g/mol. The van der Waals surface area contributed by atoms with Gasteiger partial charge in [0.1, 0.15) is 0 Å². The molecule has 1 aliphatic heterocycles. The molecule has 1 aliphatic rings. The Morgan fingerprint density at radius 1 is 1.20 bits per heavy atom. The molecule has 2 aromatic carbocycles. The van der Waals surface area contributed by atoms with E-state index >= 15 is 0 Å². The summed E-state index contributed by atoms with van der Waals surface area (Å²) in [4.78, 5) is 14.5. The van der Waals surface area contributed by atoms with E-state index in [2.05, 4.69) is 13.0 Å². The lowest BCUT2D eigenvalue weighted by Gasteiger charge is -2.22. The minimum Gasteiger partial charge on any atom is -0.399 e. The summed E-state index contributed by atoms with van der Waals surface area (Å²) >= 11 is 0. The lowest BCUT2D eigenvalue weighted by atomic mass is 10.1. The highest BCUT2D eigenvalue weighted by Gasteiger charge is 2.30. The van der Waals surface area contributed by atoms with Crippen LogP contribution in [0.2, 0.25) is 0 Å². The molecular formula is C17H18N2O. The molecule has 0 fully saturated rings. The summed E-state index contributed by atoms with van der Waals surface area (Å²) in [6.07, 6.45) is 1.35. The predicted molar refractivity (Wildman–Crippen MR) is 81.7 cm³/mol. The third kappa shape index (κ3) is 2.27. The molecule has 0 aliphatic carbocycles. The molecule has 0 spiro atoms. The SMILES string of the molecule is C[C@H]1Cc2ccccc2N1C(=O)Cc1ccc(N)cc1. The van der Waals surface area contributed by atoms with Crippen molar-refractivity contribution in [3.8, 4) is 0 Å². The zero-order chi connectivity index (χ0) is 14.1. The fourth-order valence-corrected chi connectivity index (χ4v) is 2.84. The van der Waals surface area contributed by atoms with E-state index in [1.54, 1.807) is 0 Å². The summed E-state index contributed by atoms with van der Waals surface area (Å²) < 4.78 is 0. The van der Waals surface area contributed by atoms with E-state index in [0.717, 1.165) is 23.4 Å².